The molecule has 0 aromatic carbocycles. The molecule has 0 radical (unpaired) electrons. The summed E-state index contributed by atoms with van der Waals surface area (Å²) in [7, 11) is 0. The summed E-state index contributed by atoms with van der Waals surface area (Å²) in [6.07, 6.45) is 0.688. The molecule has 0 aromatic heterocycles. The van der Waals surface area contributed by atoms with E-state index in [0.717, 1.165) is 13.0 Å². The van der Waals surface area contributed by atoms with Crippen LogP contribution < -0.4 is 0 Å². The summed E-state index contributed by atoms with van der Waals surface area (Å²) in [6.45, 7) is 13.0. The van der Waals surface area contributed by atoms with Gasteiger partial charge >= 0.3 is 5.97 Å². The van der Waals surface area contributed by atoms with Crippen molar-refractivity contribution in [2.75, 3.05) is 6.54 Å². The summed E-state index contributed by atoms with van der Waals surface area (Å²) in [5.74, 6) is -0.243. The number of fused-ring (bicyclic) bond motifs is 1. The highest BCUT2D eigenvalue weighted by Gasteiger charge is 2.65. The molecule has 2 heterocycles. The van der Waals surface area contributed by atoms with Crippen molar-refractivity contribution in [1.29, 1.82) is 0 Å². The minimum Gasteiger partial charge on any atom is -0.444 e. The molecular weight excluding hydrogens is 242 g/mol. The van der Waals surface area contributed by atoms with E-state index in [9.17, 15) is 9.90 Å². The first-order valence-electron chi connectivity index (χ1n) is 7.17. The van der Waals surface area contributed by atoms with Gasteiger partial charge in [-0.25, -0.2) is 9.69 Å². The SMILES string of the molecule is CC(C)(C)C(O)[C@@]12CCCN1[C@H](C(C)(C)C)OC2=O. The average Bonchev–Trinajstić information content (AvgIpc) is 2.75. The minimum absolute atomic E-state index is 0.140. The van der Waals surface area contributed by atoms with E-state index < -0.39 is 11.6 Å². The molecule has 0 bridgehead atoms. The van der Waals surface area contributed by atoms with Crippen molar-refractivity contribution < 1.29 is 14.6 Å². The van der Waals surface area contributed by atoms with Crippen molar-refractivity contribution in [3.8, 4) is 0 Å². The summed E-state index contributed by atoms with van der Waals surface area (Å²) < 4.78 is 5.64. The molecule has 2 fully saturated rings. The van der Waals surface area contributed by atoms with Gasteiger partial charge in [-0.1, -0.05) is 41.5 Å². The van der Waals surface area contributed by atoms with E-state index in [2.05, 4.69) is 25.7 Å². The quantitative estimate of drug-likeness (QED) is 0.741. The fourth-order valence-corrected chi connectivity index (χ4v) is 3.44. The molecule has 2 rings (SSSR count). The number of carbonyl (C=O) groups excluding carboxylic acids is 1. The van der Waals surface area contributed by atoms with E-state index in [4.69, 9.17) is 4.74 Å². The molecule has 2 saturated heterocycles. The van der Waals surface area contributed by atoms with Crippen LogP contribution in [-0.4, -0.2) is 40.4 Å². The van der Waals surface area contributed by atoms with E-state index in [0.29, 0.717) is 6.42 Å². The van der Waals surface area contributed by atoms with Gasteiger partial charge in [0.15, 0.2) is 6.23 Å². The van der Waals surface area contributed by atoms with E-state index in [1.165, 1.54) is 0 Å². The molecule has 4 nitrogen and oxygen atoms in total. The molecule has 4 heteroatoms. The Kier molecular flexibility index (Phi) is 3.26. The third kappa shape index (κ3) is 2.09. The zero-order valence-electron chi connectivity index (χ0n) is 13.0. The third-order valence-corrected chi connectivity index (χ3v) is 4.34. The number of nitrogens with zero attached hydrogens (tertiary/aromatic N) is 1. The van der Waals surface area contributed by atoms with E-state index in [1.807, 2.05) is 20.8 Å². The lowest BCUT2D eigenvalue weighted by molar-refractivity contribution is -0.153. The lowest BCUT2D eigenvalue weighted by Gasteiger charge is -2.42. The Hall–Kier alpha value is -0.610. The fourth-order valence-electron chi connectivity index (χ4n) is 3.44. The average molecular weight is 269 g/mol. The summed E-state index contributed by atoms with van der Waals surface area (Å²) in [6, 6.07) is 0. The first-order valence-corrected chi connectivity index (χ1v) is 7.17. The van der Waals surface area contributed by atoms with Crippen LogP contribution in [0.1, 0.15) is 54.4 Å². The number of aliphatic hydroxyl groups is 1. The molecule has 19 heavy (non-hydrogen) atoms. The van der Waals surface area contributed by atoms with Crippen molar-refractivity contribution >= 4 is 5.97 Å². The largest absolute Gasteiger partial charge is 0.444 e. The van der Waals surface area contributed by atoms with Crippen molar-refractivity contribution in [3.63, 3.8) is 0 Å². The maximum absolute atomic E-state index is 12.5. The molecule has 0 aliphatic carbocycles. The van der Waals surface area contributed by atoms with Gasteiger partial charge in [-0.15, -0.1) is 0 Å². The molecule has 0 aromatic rings. The van der Waals surface area contributed by atoms with Crippen molar-refractivity contribution in [2.45, 2.75) is 72.3 Å². The summed E-state index contributed by atoms with van der Waals surface area (Å²) in [5.41, 5.74) is -1.32. The molecule has 2 aliphatic heterocycles. The van der Waals surface area contributed by atoms with Gasteiger partial charge in [0.2, 0.25) is 0 Å². The van der Waals surface area contributed by atoms with E-state index in [1.54, 1.807) is 0 Å². The van der Waals surface area contributed by atoms with Gasteiger partial charge < -0.3 is 9.84 Å². The monoisotopic (exact) mass is 269 g/mol. The number of cyclic esters (lactones) is 1. The number of hydrogen-bond donors (Lipinski definition) is 1. The molecule has 3 atom stereocenters. The topological polar surface area (TPSA) is 49.8 Å². The second-order valence-corrected chi connectivity index (χ2v) is 8.11. The van der Waals surface area contributed by atoms with E-state index in [-0.39, 0.29) is 23.0 Å². The van der Waals surface area contributed by atoms with Gasteiger partial charge in [0, 0.05) is 12.0 Å². The summed E-state index contributed by atoms with van der Waals surface area (Å²) in [5, 5.41) is 10.8. The zero-order chi connectivity index (χ0) is 14.6. The lowest BCUT2D eigenvalue weighted by Crippen LogP contribution is -2.60. The predicted molar refractivity (Wildman–Crippen MR) is 73.5 cm³/mol. The number of aliphatic hydroxyl groups excluding tert-OH is 1. The second-order valence-electron chi connectivity index (χ2n) is 8.11. The van der Waals surface area contributed by atoms with Gasteiger partial charge in [0.1, 0.15) is 5.54 Å². The van der Waals surface area contributed by atoms with Crippen molar-refractivity contribution in [2.24, 2.45) is 10.8 Å². The first-order chi connectivity index (χ1) is 8.51. The van der Waals surface area contributed by atoms with Crippen LogP contribution in [0.2, 0.25) is 0 Å². The Labute approximate surface area is 116 Å². The Morgan fingerprint density at radius 2 is 1.89 bits per heavy atom. The van der Waals surface area contributed by atoms with Crippen LogP contribution >= 0.6 is 0 Å². The molecule has 2 aliphatic rings. The Balaban J connectivity index is 2.42. The smallest absolute Gasteiger partial charge is 0.331 e. The van der Waals surface area contributed by atoms with Crippen LogP contribution in [0.3, 0.4) is 0 Å². The maximum atomic E-state index is 12.5. The third-order valence-electron chi connectivity index (χ3n) is 4.34. The predicted octanol–water partition coefficient (Wildman–Crippen LogP) is 2.16. The number of carbonyl (C=O) groups is 1. The standard InChI is InChI=1S/C15H27NO3/c1-13(2,3)10(17)15-8-7-9-16(15)11(14(4,5)6)19-12(15)18/h10-11,17H,7-9H2,1-6H3/t10?,11-,15+/m0/s1. The molecule has 110 valence electrons. The minimum atomic E-state index is -0.837. The normalized spacial score (nSPS) is 34.3. The lowest BCUT2D eigenvalue weighted by atomic mass is 9.75. The van der Waals surface area contributed by atoms with E-state index >= 15 is 0 Å². The number of esters is 1. The van der Waals surface area contributed by atoms with Gasteiger partial charge in [0.05, 0.1) is 6.10 Å². The Morgan fingerprint density at radius 3 is 2.37 bits per heavy atom. The molecule has 1 unspecified atom stereocenters. The van der Waals surface area contributed by atoms with Crippen LogP contribution in [0.4, 0.5) is 0 Å². The van der Waals surface area contributed by atoms with Crippen LogP contribution in [0.5, 0.6) is 0 Å². The van der Waals surface area contributed by atoms with Crippen molar-refractivity contribution in [3.05, 3.63) is 0 Å². The van der Waals surface area contributed by atoms with Crippen LogP contribution in [0.15, 0.2) is 0 Å². The molecule has 1 N–H and O–H groups in total. The first kappa shape index (κ1) is 14.8. The Morgan fingerprint density at radius 1 is 1.32 bits per heavy atom. The summed E-state index contributed by atoms with van der Waals surface area (Å²) >= 11 is 0. The fraction of sp³-hybridized carbons (Fsp3) is 0.933. The van der Waals surface area contributed by atoms with Gasteiger partial charge in [-0.3, -0.25) is 0 Å². The summed E-state index contributed by atoms with van der Waals surface area (Å²) in [4.78, 5) is 14.6. The molecule has 0 amide bonds. The number of rotatable bonds is 1. The Bertz CT molecular complexity index is 380. The molecular formula is C15H27NO3. The van der Waals surface area contributed by atoms with Crippen LogP contribution in [-0.2, 0) is 9.53 Å². The molecule has 0 spiro atoms. The highest BCUT2D eigenvalue weighted by Crippen LogP contribution is 2.48. The van der Waals surface area contributed by atoms with Gasteiger partial charge in [0.25, 0.3) is 0 Å². The molecule has 0 saturated carbocycles. The van der Waals surface area contributed by atoms with Crippen LogP contribution in [0.25, 0.3) is 0 Å². The second kappa shape index (κ2) is 4.19. The van der Waals surface area contributed by atoms with Gasteiger partial charge in [-0.2, -0.15) is 0 Å². The number of ether oxygens (including phenoxy) is 1. The van der Waals surface area contributed by atoms with Crippen molar-refractivity contribution in [1.82, 2.24) is 4.90 Å². The highest BCUT2D eigenvalue weighted by atomic mass is 16.6. The van der Waals surface area contributed by atoms with Gasteiger partial charge in [-0.05, 0) is 18.3 Å². The van der Waals surface area contributed by atoms with Crippen LogP contribution in [0, 0.1) is 10.8 Å². The number of hydrogen-bond acceptors (Lipinski definition) is 4. The maximum Gasteiger partial charge on any atom is 0.331 e. The zero-order valence-corrected chi connectivity index (χ0v) is 13.0. The highest BCUT2D eigenvalue weighted by molar-refractivity contribution is 5.84.